The van der Waals surface area contributed by atoms with Crippen LogP contribution in [-0.4, -0.2) is 29.8 Å². The first-order chi connectivity index (χ1) is 9.97. The van der Waals surface area contributed by atoms with Crippen LogP contribution in [0.1, 0.15) is 33.6 Å². The Balaban J connectivity index is 2.04. The van der Waals surface area contributed by atoms with Crippen LogP contribution in [-0.2, 0) is 4.74 Å². The maximum Gasteiger partial charge on any atom is 0.275 e. The van der Waals surface area contributed by atoms with Crippen molar-refractivity contribution in [3.8, 4) is 5.75 Å². The number of ether oxygens (including phenoxy) is 2. The molecular weight excluding hydrogens is 272 g/mol. The highest BCUT2D eigenvalue weighted by Crippen LogP contribution is 2.31. The number of non-ortho nitro benzene ring substituents is 1. The Labute approximate surface area is 124 Å². The van der Waals surface area contributed by atoms with Crippen LogP contribution in [0.2, 0.25) is 0 Å². The normalized spacial score (nSPS) is 21.0. The molecule has 2 rings (SSSR count). The minimum atomic E-state index is -0.401. The lowest BCUT2D eigenvalue weighted by Gasteiger charge is -2.36. The first-order valence-corrected chi connectivity index (χ1v) is 7.32. The second-order valence-corrected chi connectivity index (χ2v) is 5.53. The predicted molar refractivity (Wildman–Crippen MR) is 80.9 cm³/mol. The minimum absolute atomic E-state index is 0.0223. The zero-order valence-electron chi connectivity index (χ0n) is 12.7. The van der Waals surface area contributed by atoms with Gasteiger partial charge in [-0.25, -0.2) is 0 Å². The van der Waals surface area contributed by atoms with Crippen LogP contribution >= 0.6 is 0 Å². The summed E-state index contributed by atoms with van der Waals surface area (Å²) in [6.07, 6.45) is 2.14. The number of nitro benzene ring substituents is 1. The predicted octanol–water partition coefficient (Wildman–Crippen LogP) is 3.36. The lowest BCUT2D eigenvalue weighted by atomic mass is 9.89. The molecule has 0 atom stereocenters. The quantitative estimate of drug-likeness (QED) is 0.616. The molecule has 0 unspecified atom stereocenters. The van der Waals surface area contributed by atoms with Gasteiger partial charge in [0.25, 0.3) is 5.69 Å². The van der Waals surface area contributed by atoms with Crippen LogP contribution in [0.25, 0.3) is 0 Å². The molecule has 0 saturated heterocycles. The van der Waals surface area contributed by atoms with Crippen molar-refractivity contribution in [2.75, 3.05) is 11.9 Å². The van der Waals surface area contributed by atoms with Gasteiger partial charge in [-0.05, 0) is 33.6 Å². The van der Waals surface area contributed by atoms with Crippen molar-refractivity contribution in [1.82, 2.24) is 0 Å². The van der Waals surface area contributed by atoms with E-state index in [0.29, 0.717) is 17.9 Å². The smallest absolute Gasteiger partial charge is 0.275 e. The maximum atomic E-state index is 11.0. The van der Waals surface area contributed by atoms with Crippen molar-refractivity contribution in [3.05, 3.63) is 28.3 Å². The molecule has 1 fully saturated rings. The number of nitro groups is 1. The number of benzene rings is 1. The number of anilines is 1. The average Bonchev–Trinajstić information content (AvgIpc) is 2.35. The van der Waals surface area contributed by atoms with Gasteiger partial charge in [0, 0.05) is 30.5 Å². The molecule has 6 heteroatoms. The van der Waals surface area contributed by atoms with E-state index in [1.165, 1.54) is 6.07 Å². The lowest BCUT2D eigenvalue weighted by molar-refractivity contribution is -0.384. The third-order valence-electron chi connectivity index (χ3n) is 3.34. The van der Waals surface area contributed by atoms with Crippen molar-refractivity contribution in [1.29, 1.82) is 0 Å². The minimum Gasteiger partial charge on any atom is -0.491 e. The highest BCUT2D eigenvalue weighted by atomic mass is 16.6. The summed E-state index contributed by atoms with van der Waals surface area (Å²) in [6, 6.07) is 5.10. The second-order valence-electron chi connectivity index (χ2n) is 5.53. The molecule has 0 amide bonds. The van der Waals surface area contributed by atoms with E-state index in [0.717, 1.165) is 25.1 Å². The Hall–Kier alpha value is -1.82. The molecule has 1 aromatic rings. The number of hydrogen-bond acceptors (Lipinski definition) is 5. The summed E-state index contributed by atoms with van der Waals surface area (Å²) >= 11 is 0. The Morgan fingerprint density at radius 1 is 1.38 bits per heavy atom. The van der Waals surface area contributed by atoms with Crippen LogP contribution in [0.3, 0.4) is 0 Å². The van der Waals surface area contributed by atoms with E-state index >= 15 is 0 Å². The van der Waals surface area contributed by atoms with Crippen LogP contribution in [0, 0.1) is 10.1 Å². The van der Waals surface area contributed by atoms with E-state index in [-0.39, 0.29) is 11.8 Å². The molecule has 1 aliphatic rings. The molecule has 0 aromatic heterocycles. The number of nitrogens with zero attached hydrogens (tertiary/aromatic N) is 1. The third kappa shape index (κ3) is 4.32. The van der Waals surface area contributed by atoms with E-state index in [9.17, 15) is 10.1 Å². The molecule has 0 heterocycles. The number of rotatable bonds is 7. The zero-order chi connectivity index (χ0) is 15.4. The van der Waals surface area contributed by atoms with Gasteiger partial charge in [0.1, 0.15) is 5.75 Å². The summed E-state index contributed by atoms with van der Waals surface area (Å²) in [4.78, 5) is 10.6. The summed E-state index contributed by atoms with van der Waals surface area (Å²) < 4.78 is 11.1. The molecule has 6 nitrogen and oxygen atoms in total. The Kier molecular flexibility index (Phi) is 5.01. The van der Waals surface area contributed by atoms with Gasteiger partial charge in [-0.15, -0.1) is 0 Å². The molecule has 0 aliphatic heterocycles. The van der Waals surface area contributed by atoms with Gasteiger partial charge in [-0.2, -0.15) is 0 Å². The van der Waals surface area contributed by atoms with Crippen LogP contribution in [0.5, 0.6) is 5.75 Å². The topological polar surface area (TPSA) is 73.6 Å². The highest BCUT2D eigenvalue weighted by Gasteiger charge is 2.29. The first kappa shape index (κ1) is 15.6. The summed E-state index contributed by atoms with van der Waals surface area (Å²) in [7, 11) is 0. The van der Waals surface area contributed by atoms with Crippen LogP contribution in [0.4, 0.5) is 11.4 Å². The van der Waals surface area contributed by atoms with Crippen LogP contribution < -0.4 is 10.1 Å². The molecule has 1 aliphatic carbocycles. The summed E-state index contributed by atoms with van der Waals surface area (Å²) in [5.74, 6) is 0.516. The third-order valence-corrected chi connectivity index (χ3v) is 3.34. The first-order valence-electron chi connectivity index (χ1n) is 7.32. The Morgan fingerprint density at radius 2 is 2.10 bits per heavy atom. The van der Waals surface area contributed by atoms with E-state index in [1.807, 2.05) is 20.8 Å². The molecule has 1 saturated carbocycles. The summed E-state index contributed by atoms with van der Waals surface area (Å²) in [6.45, 7) is 6.49. The summed E-state index contributed by atoms with van der Waals surface area (Å²) in [5.41, 5.74) is 0.760. The average molecular weight is 294 g/mol. The van der Waals surface area contributed by atoms with Gasteiger partial charge >= 0.3 is 0 Å². The van der Waals surface area contributed by atoms with E-state index in [1.54, 1.807) is 12.1 Å². The van der Waals surface area contributed by atoms with Crippen molar-refractivity contribution >= 4 is 11.4 Å². The van der Waals surface area contributed by atoms with Gasteiger partial charge < -0.3 is 14.8 Å². The van der Waals surface area contributed by atoms with E-state index in [2.05, 4.69) is 5.32 Å². The second kappa shape index (κ2) is 6.76. The number of hydrogen-bond donors (Lipinski definition) is 1. The lowest BCUT2D eigenvalue weighted by Crippen LogP contribution is -2.40. The SMILES string of the molecule is CCOC1CC(Nc2cc(OC(C)C)cc([N+](=O)[O-])c2)C1. The fraction of sp³-hybridized carbons (Fsp3) is 0.600. The standard InChI is InChI=1S/C15H22N2O4/c1-4-20-14-6-12(7-14)16-11-5-13(17(18)19)9-15(8-11)21-10(2)3/h5,8-10,12,14,16H,4,6-7H2,1-3H3. The van der Waals surface area contributed by atoms with Gasteiger partial charge in [0.2, 0.25) is 0 Å². The van der Waals surface area contributed by atoms with Gasteiger partial charge in [0.15, 0.2) is 0 Å². The van der Waals surface area contributed by atoms with Gasteiger partial charge in [0.05, 0.1) is 23.2 Å². The van der Waals surface area contributed by atoms with E-state index < -0.39 is 4.92 Å². The molecule has 0 radical (unpaired) electrons. The fourth-order valence-corrected chi connectivity index (χ4v) is 2.40. The number of nitrogens with one attached hydrogen (secondary N) is 1. The Bertz CT molecular complexity index is 498. The highest BCUT2D eigenvalue weighted by molar-refractivity contribution is 5.57. The largest absolute Gasteiger partial charge is 0.491 e. The molecule has 0 spiro atoms. The molecule has 1 N–H and O–H groups in total. The van der Waals surface area contributed by atoms with Gasteiger partial charge in [-0.3, -0.25) is 10.1 Å². The fourth-order valence-electron chi connectivity index (χ4n) is 2.40. The van der Waals surface area contributed by atoms with E-state index in [4.69, 9.17) is 9.47 Å². The molecule has 0 bridgehead atoms. The van der Waals surface area contributed by atoms with Crippen molar-refractivity contribution in [2.45, 2.75) is 51.9 Å². The van der Waals surface area contributed by atoms with Crippen LogP contribution in [0.15, 0.2) is 18.2 Å². The molecule has 1 aromatic carbocycles. The van der Waals surface area contributed by atoms with Crippen molar-refractivity contribution in [2.24, 2.45) is 0 Å². The Morgan fingerprint density at radius 3 is 2.67 bits per heavy atom. The molecule has 21 heavy (non-hydrogen) atoms. The summed E-state index contributed by atoms with van der Waals surface area (Å²) in [5, 5.41) is 14.3. The monoisotopic (exact) mass is 294 g/mol. The van der Waals surface area contributed by atoms with Crippen molar-refractivity contribution in [3.63, 3.8) is 0 Å². The molecule has 116 valence electrons. The molecular formula is C15H22N2O4. The van der Waals surface area contributed by atoms with Crippen molar-refractivity contribution < 1.29 is 14.4 Å². The van der Waals surface area contributed by atoms with Gasteiger partial charge in [-0.1, -0.05) is 0 Å². The zero-order valence-corrected chi connectivity index (χ0v) is 12.7. The maximum absolute atomic E-state index is 11.0.